The van der Waals surface area contributed by atoms with E-state index in [1.807, 2.05) is 6.92 Å². The SMILES string of the molecule is CCCOc1c(Cl)cc(C(=O)Nc2ccc(F)c(C)c2)cc1OC. The number of ether oxygens (including phenoxy) is 2. The normalized spacial score (nSPS) is 10.4. The fraction of sp³-hybridized carbons (Fsp3) is 0.278. The Hall–Kier alpha value is -2.27. The van der Waals surface area contributed by atoms with Crippen LogP contribution >= 0.6 is 11.6 Å². The van der Waals surface area contributed by atoms with Gasteiger partial charge < -0.3 is 14.8 Å². The van der Waals surface area contributed by atoms with Gasteiger partial charge in [0.2, 0.25) is 0 Å². The summed E-state index contributed by atoms with van der Waals surface area (Å²) < 4.78 is 24.1. The highest BCUT2D eigenvalue weighted by molar-refractivity contribution is 6.32. The second-order valence-electron chi connectivity index (χ2n) is 5.26. The van der Waals surface area contributed by atoms with Crippen LogP contribution in [0.3, 0.4) is 0 Å². The van der Waals surface area contributed by atoms with Gasteiger partial charge >= 0.3 is 0 Å². The Bertz CT molecular complexity index is 749. The van der Waals surface area contributed by atoms with Gasteiger partial charge in [0, 0.05) is 11.3 Å². The third kappa shape index (κ3) is 4.17. The zero-order valence-electron chi connectivity index (χ0n) is 13.8. The average molecular weight is 352 g/mol. The number of hydrogen-bond donors (Lipinski definition) is 1. The fourth-order valence-corrected chi connectivity index (χ4v) is 2.39. The molecule has 128 valence electrons. The molecule has 0 radical (unpaired) electrons. The Kier molecular flexibility index (Phi) is 6.04. The summed E-state index contributed by atoms with van der Waals surface area (Å²) >= 11 is 6.21. The molecule has 0 bridgehead atoms. The molecular weight excluding hydrogens is 333 g/mol. The molecule has 0 heterocycles. The first kappa shape index (κ1) is 18.1. The molecule has 0 unspecified atom stereocenters. The minimum atomic E-state index is -0.372. The predicted octanol–water partition coefficient (Wildman–Crippen LogP) is 4.84. The number of aryl methyl sites for hydroxylation is 1. The van der Waals surface area contributed by atoms with Crippen molar-refractivity contribution in [2.24, 2.45) is 0 Å². The van der Waals surface area contributed by atoms with Gasteiger partial charge in [-0.15, -0.1) is 0 Å². The molecule has 1 N–H and O–H groups in total. The maximum Gasteiger partial charge on any atom is 0.255 e. The monoisotopic (exact) mass is 351 g/mol. The Labute approximate surface area is 145 Å². The molecule has 0 atom stereocenters. The smallest absolute Gasteiger partial charge is 0.255 e. The zero-order valence-corrected chi connectivity index (χ0v) is 14.5. The highest BCUT2D eigenvalue weighted by Crippen LogP contribution is 2.36. The maximum atomic E-state index is 13.3. The lowest BCUT2D eigenvalue weighted by molar-refractivity contribution is 0.102. The van der Waals surface area contributed by atoms with Crippen molar-refractivity contribution in [1.29, 1.82) is 0 Å². The summed E-state index contributed by atoms with van der Waals surface area (Å²) in [6.45, 7) is 4.11. The number of benzene rings is 2. The van der Waals surface area contributed by atoms with Crippen molar-refractivity contribution < 1.29 is 18.7 Å². The number of methoxy groups -OCH3 is 1. The van der Waals surface area contributed by atoms with E-state index in [9.17, 15) is 9.18 Å². The summed E-state index contributed by atoms with van der Waals surface area (Å²) in [6, 6.07) is 7.44. The first-order valence-electron chi connectivity index (χ1n) is 7.54. The molecule has 2 rings (SSSR count). The molecule has 2 aromatic carbocycles. The second kappa shape index (κ2) is 8.02. The Balaban J connectivity index is 2.25. The first-order chi connectivity index (χ1) is 11.5. The second-order valence-corrected chi connectivity index (χ2v) is 5.66. The van der Waals surface area contributed by atoms with E-state index in [2.05, 4.69) is 5.32 Å². The summed E-state index contributed by atoms with van der Waals surface area (Å²) in [6.07, 6.45) is 0.825. The van der Waals surface area contributed by atoms with Crippen LogP contribution in [-0.4, -0.2) is 19.6 Å². The third-order valence-electron chi connectivity index (χ3n) is 3.36. The van der Waals surface area contributed by atoms with Crippen LogP contribution < -0.4 is 14.8 Å². The van der Waals surface area contributed by atoms with Crippen molar-refractivity contribution in [3.8, 4) is 11.5 Å². The number of amides is 1. The van der Waals surface area contributed by atoms with E-state index in [0.717, 1.165) is 6.42 Å². The van der Waals surface area contributed by atoms with Crippen LogP contribution in [0.25, 0.3) is 0 Å². The molecule has 0 spiro atoms. The van der Waals surface area contributed by atoms with Gasteiger partial charge in [0.05, 0.1) is 18.7 Å². The summed E-state index contributed by atoms with van der Waals surface area (Å²) in [7, 11) is 1.48. The lowest BCUT2D eigenvalue weighted by atomic mass is 10.1. The standard InChI is InChI=1S/C18H19ClFNO3/c1-4-7-24-17-14(19)9-12(10-16(17)23-3)18(22)21-13-5-6-15(20)11(2)8-13/h5-6,8-10H,4,7H2,1-3H3,(H,21,22). The van der Waals surface area contributed by atoms with Crippen molar-refractivity contribution in [1.82, 2.24) is 0 Å². The van der Waals surface area contributed by atoms with Crippen molar-refractivity contribution >= 4 is 23.2 Å². The number of hydrogen-bond acceptors (Lipinski definition) is 3. The van der Waals surface area contributed by atoms with Crippen LogP contribution in [0.1, 0.15) is 29.3 Å². The molecular formula is C18H19ClFNO3. The van der Waals surface area contributed by atoms with E-state index in [1.54, 1.807) is 19.1 Å². The number of carbonyl (C=O) groups excluding carboxylic acids is 1. The molecule has 1 amide bonds. The molecule has 6 heteroatoms. The van der Waals surface area contributed by atoms with Crippen molar-refractivity contribution in [2.75, 3.05) is 19.0 Å². The quantitative estimate of drug-likeness (QED) is 0.810. The summed E-state index contributed by atoms with van der Waals surface area (Å²) in [5.74, 6) is 0.102. The Morgan fingerprint density at radius 2 is 2.04 bits per heavy atom. The lowest BCUT2D eigenvalue weighted by Gasteiger charge is -2.14. The van der Waals surface area contributed by atoms with Gasteiger partial charge in [-0.05, 0) is 49.2 Å². The largest absolute Gasteiger partial charge is 0.493 e. The number of carbonyl (C=O) groups is 1. The van der Waals surface area contributed by atoms with Crippen LogP contribution in [0.5, 0.6) is 11.5 Å². The van der Waals surface area contributed by atoms with E-state index in [-0.39, 0.29) is 11.7 Å². The number of rotatable bonds is 6. The zero-order chi connectivity index (χ0) is 17.7. The summed E-state index contributed by atoms with van der Waals surface area (Å²) in [5.41, 5.74) is 1.27. The number of halogens is 2. The minimum Gasteiger partial charge on any atom is -0.493 e. The van der Waals surface area contributed by atoms with E-state index in [1.165, 1.54) is 25.3 Å². The molecule has 0 aromatic heterocycles. The van der Waals surface area contributed by atoms with Crippen molar-refractivity contribution in [3.63, 3.8) is 0 Å². The molecule has 2 aromatic rings. The van der Waals surface area contributed by atoms with Crippen molar-refractivity contribution in [3.05, 3.63) is 52.3 Å². The first-order valence-corrected chi connectivity index (χ1v) is 7.92. The van der Waals surface area contributed by atoms with E-state index in [0.29, 0.717) is 39.9 Å². The maximum absolute atomic E-state index is 13.3. The molecule has 0 aliphatic heterocycles. The topological polar surface area (TPSA) is 47.6 Å². The summed E-state index contributed by atoms with van der Waals surface area (Å²) in [4.78, 5) is 12.4. The van der Waals surface area contributed by atoms with Gasteiger partial charge in [-0.3, -0.25) is 4.79 Å². The van der Waals surface area contributed by atoms with Crippen LogP contribution in [0.2, 0.25) is 5.02 Å². The predicted molar refractivity (Wildman–Crippen MR) is 92.9 cm³/mol. The molecule has 0 saturated carbocycles. The number of nitrogens with one attached hydrogen (secondary N) is 1. The molecule has 0 aliphatic rings. The van der Waals surface area contributed by atoms with E-state index < -0.39 is 0 Å². The van der Waals surface area contributed by atoms with Crippen molar-refractivity contribution in [2.45, 2.75) is 20.3 Å². The van der Waals surface area contributed by atoms with Gasteiger partial charge in [0.15, 0.2) is 11.5 Å². The molecule has 4 nitrogen and oxygen atoms in total. The number of anilines is 1. The van der Waals surface area contributed by atoms with E-state index >= 15 is 0 Å². The van der Waals surface area contributed by atoms with Gasteiger partial charge in [-0.25, -0.2) is 4.39 Å². The van der Waals surface area contributed by atoms with Gasteiger partial charge in [0.25, 0.3) is 5.91 Å². The Morgan fingerprint density at radius 3 is 2.67 bits per heavy atom. The van der Waals surface area contributed by atoms with E-state index in [4.69, 9.17) is 21.1 Å². The molecule has 0 fully saturated rings. The van der Waals surface area contributed by atoms with Crippen LogP contribution in [-0.2, 0) is 0 Å². The minimum absolute atomic E-state index is 0.295. The molecule has 0 saturated heterocycles. The average Bonchev–Trinajstić information content (AvgIpc) is 2.56. The highest BCUT2D eigenvalue weighted by atomic mass is 35.5. The fourth-order valence-electron chi connectivity index (χ4n) is 2.12. The van der Waals surface area contributed by atoms with Crippen LogP contribution in [0.4, 0.5) is 10.1 Å². The Morgan fingerprint density at radius 1 is 1.29 bits per heavy atom. The molecule has 24 heavy (non-hydrogen) atoms. The molecule has 0 aliphatic carbocycles. The lowest BCUT2D eigenvalue weighted by Crippen LogP contribution is -2.12. The van der Waals surface area contributed by atoms with Gasteiger partial charge in [-0.1, -0.05) is 18.5 Å². The van der Waals surface area contributed by atoms with Gasteiger partial charge in [0.1, 0.15) is 5.82 Å². The third-order valence-corrected chi connectivity index (χ3v) is 3.64. The van der Waals surface area contributed by atoms with Crippen LogP contribution in [0, 0.1) is 12.7 Å². The van der Waals surface area contributed by atoms with Gasteiger partial charge in [-0.2, -0.15) is 0 Å². The highest BCUT2D eigenvalue weighted by Gasteiger charge is 2.16. The summed E-state index contributed by atoms with van der Waals surface area (Å²) in [5, 5.41) is 3.00. The van der Waals surface area contributed by atoms with Crippen LogP contribution in [0.15, 0.2) is 30.3 Å².